The van der Waals surface area contributed by atoms with E-state index in [1.165, 1.54) is 26.2 Å². The second-order valence-corrected chi connectivity index (χ2v) is 34.4. The van der Waals surface area contributed by atoms with E-state index in [1.54, 1.807) is 77.8 Å². The molecule has 0 aliphatic carbocycles. The fourth-order valence-electron chi connectivity index (χ4n) is 17.4. The number of carbonyl (C=O) groups is 11. The van der Waals surface area contributed by atoms with E-state index in [-0.39, 0.29) is 24.2 Å². The van der Waals surface area contributed by atoms with Gasteiger partial charge < -0.3 is 176 Å². The number of benzene rings is 1. The van der Waals surface area contributed by atoms with Crippen LogP contribution in [0.4, 0.5) is 4.79 Å². The van der Waals surface area contributed by atoms with Crippen LogP contribution in [0.1, 0.15) is 127 Å². The van der Waals surface area contributed by atoms with Gasteiger partial charge in [-0.05, 0) is 43.1 Å². The Morgan fingerprint density at radius 1 is 0.523 bits per heavy atom. The molecule has 0 radical (unpaired) electrons. The fourth-order valence-corrected chi connectivity index (χ4v) is 17.4. The number of ether oxygens (including phenoxy) is 12. The highest BCUT2D eigenvalue weighted by molar-refractivity contribution is 5.92. The normalized spacial score (nSPS) is 32.6. The number of hydrogen-bond acceptors (Lipinski definition) is 36. The predicted octanol–water partition coefficient (Wildman–Crippen LogP) is -8.33. The maximum Gasteiger partial charge on any atom is 0.410 e. The van der Waals surface area contributed by atoms with E-state index >= 15 is 0 Å². The molecule has 130 heavy (non-hydrogen) atoms. The summed E-state index contributed by atoms with van der Waals surface area (Å²) < 4.78 is 71.3. The molecule has 7 rings (SSSR count). The van der Waals surface area contributed by atoms with Gasteiger partial charge in [0.15, 0.2) is 38.1 Å². The number of rotatable bonds is 43. The number of likely N-dealkylation sites (N-methyl/N-ethyl adjacent to an activating group) is 2. The van der Waals surface area contributed by atoms with Crippen LogP contribution >= 0.6 is 0 Å². The minimum Gasteiger partial charge on any atom is -0.439 e. The van der Waals surface area contributed by atoms with Gasteiger partial charge in [0.1, 0.15) is 134 Å². The summed E-state index contributed by atoms with van der Waals surface area (Å²) in [5.41, 5.74) is 0.630. The summed E-state index contributed by atoms with van der Waals surface area (Å²) >= 11 is 0. The Morgan fingerprint density at radius 2 is 0.962 bits per heavy atom. The average Bonchev–Trinajstić information content (AvgIpc) is 0.909. The smallest absolute Gasteiger partial charge is 0.410 e. The molecule has 47 heteroatoms. The van der Waals surface area contributed by atoms with Gasteiger partial charge in [0.2, 0.25) is 53.2 Å². The highest BCUT2D eigenvalue weighted by Gasteiger charge is 2.59. The number of nitrogens with zero attached hydrogens (tertiary/aromatic N) is 3. The third-order valence-electron chi connectivity index (χ3n) is 24.4. The average molecular weight is 1870 g/mol. The number of amides is 11. The Balaban J connectivity index is 0.960. The first kappa shape index (κ1) is 109. The Bertz CT molecular complexity index is 3840. The Hall–Kier alpha value is -7.77. The van der Waals surface area contributed by atoms with E-state index in [0.29, 0.717) is 31.4 Å². The molecular formula is C83H137N11O36. The minimum absolute atomic E-state index is 0.170. The Morgan fingerprint density at radius 3 is 1.38 bits per heavy atom. The first-order chi connectivity index (χ1) is 61.4. The maximum absolute atomic E-state index is 14.9. The molecule has 6 aliphatic rings. The zero-order valence-corrected chi connectivity index (χ0v) is 76.0. The fraction of sp³-hybridized carbons (Fsp3) is 0.795. The second-order valence-electron chi connectivity index (χ2n) is 34.4. The molecule has 0 saturated carbocycles. The number of likely N-dealkylation sites (tertiary alicyclic amines) is 1. The van der Waals surface area contributed by atoms with Crippen LogP contribution in [0.15, 0.2) is 30.3 Å². The van der Waals surface area contributed by atoms with Crippen molar-refractivity contribution in [1.29, 1.82) is 0 Å². The van der Waals surface area contributed by atoms with Gasteiger partial charge in [0.25, 0.3) is 5.91 Å². The highest BCUT2D eigenvalue weighted by atomic mass is 16.8. The van der Waals surface area contributed by atoms with Crippen molar-refractivity contribution in [2.45, 2.75) is 317 Å². The molecule has 47 nitrogen and oxygen atoms in total. The SMILES string of the molecule is CC[C@H](C)[C@@H]([C@@H](CC(=O)N1CCC[C@H]1[C@H](OC)[C@@H](C)C(=O)N[C@H](C)[C@@H](O)c1ccccc1)OC)N(C)C(=O)[C@@H](NC(=O)[C@H](C(C)C)N(C)C(=O)OCC(=O)NCCC(=O)N[C@H]1[C@H](OC2[C@@H](CO)O[C@@H](OC3[C@@H](CO)O[C@@H](OC4[C@@H](CO)O[C@@H](OC5[C@@H](CO)OC(O)[C@H](NC(C)=O)[C@H]5O)[C@H](NC(C)=O)[C@H]4O)[C@H](NC(C)=O)[C@H]3O)[C@H](NC(C)=O)[C@H]2O)O[C@H](CO)[C@@H](O)[C@@H]1O)C(C)C. The topological polar surface area (TPSA) is 667 Å². The van der Waals surface area contributed by atoms with E-state index < -0.39 is 325 Å². The molecule has 35 atom stereocenters. The first-order valence-electron chi connectivity index (χ1n) is 43.6. The zero-order valence-electron chi connectivity index (χ0n) is 76.0. The summed E-state index contributed by atoms with van der Waals surface area (Å²) in [6.07, 6.45) is -40.4. The van der Waals surface area contributed by atoms with Crippen molar-refractivity contribution in [3.05, 3.63) is 35.9 Å². The summed E-state index contributed by atoms with van der Waals surface area (Å²) in [5, 5.41) is 165. The lowest BCUT2D eigenvalue weighted by atomic mass is 9.89. The van der Waals surface area contributed by atoms with Gasteiger partial charge in [-0.25, -0.2) is 4.79 Å². The van der Waals surface area contributed by atoms with E-state index in [0.717, 1.165) is 32.6 Å². The molecule has 6 aliphatic heterocycles. The van der Waals surface area contributed by atoms with Gasteiger partial charge in [-0.1, -0.05) is 85.2 Å². The van der Waals surface area contributed by atoms with Crippen molar-refractivity contribution in [3.8, 4) is 0 Å². The number of carbonyl (C=O) groups excluding carboxylic acids is 11. The van der Waals surface area contributed by atoms with Gasteiger partial charge in [-0.2, -0.15) is 0 Å². The summed E-state index contributed by atoms with van der Waals surface area (Å²) in [6.45, 7) is 11.8. The van der Waals surface area contributed by atoms with Crippen LogP contribution in [0.2, 0.25) is 0 Å². The van der Waals surface area contributed by atoms with Crippen molar-refractivity contribution in [3.63, 3.8) is 0 Å². The molecule has 5 unspecified atom stereocenters. The third kappa shape index (κ3) is 27.5. The molecule has 740 valence electrons. The molecular weight excluding hydrogens is 1730 g/mol. The lowest BCUT2D eigenvalue weighted by molar-refractivity contribution is -0.367. The number of hydrogen-bond donors (Lipinski definition) is 21. The van der Waals surface area contributed by atoms with Gasteiger partial charge in [-0.15, -0.1) is 0 Å². The Labute approximate surface area is 753 Å². The van der Waals surface area contributed by atoms with Crippen LogP contribution in [-0.4, -0.2) is 423 Å². The largest absolute Gasteiger partial charge is 0.439 e. The molecule has 0 spiro atoms. The molecule has 6 heterocycles. The monoisotopic (exact) mass is 1860 g/mol. The van der Waals surface area contributed by atoms with E-state index in [1.807, 2.05) is 19.9 Å². The van der Waals surface area contributed by atoms with Gasteiger partial charge in [-0.3, -0.25) is 52.8 Å². The summed E-state index contributed by atoms with van der Waals surface area (Å²) in [6, 6.07) is -4.23. The number of aliphatic hydroxyl groups excluding tert-OH is 13. The van der Waals surface area contributed by atoms with Crippen LogP contribution in [0, 0.1) is 23.7 Å². The quantitative estimate of drug-likeness (QED) is 0.0289. The van der Waals surface area contributed by atoms with Gasteiger partial charge in [0, 0.05) is 75.5 Å². The molecule has 1 aromatic rings. The van der Waals surface area contributed by atoms with Crippen LogP contribution in [0.25, 0.3) is 0 Å². The van der Waals surface area contributed by atoms with Crippen LogP contribution in [0.5, 0.6) is 0 Å². The number of methoxy groups -OCH3 is 2. The second kappa shape index (κ2) is 50.5. The standard InChI is InChI=1S/C83H137N11O36/c1-17-37(6)62(46(119-15)28-54(106)94-27-21-24-45(94)70(120-16)38(7)75(114)85-39(8)63(107)44-22-19-18-20-23-44)92(13)77(116)55(35(2)3)91-76(115)61(36(4)5)93(14)83(118)121-34-53(105)84-26-25-52(104)90-57-65(109)64(108)47(29-95)123-79(57)128-72-49(31-97)125-81(59(67(72)111)88-42(11)102)130-74-51(33-99)126-82(60(69(74)113)89-43(12)103)129-73-50(32-98)124-80(58(68(73)112)87-41(10)101)127-71-48(30-96)122-78(117)56(66(71)110)86-40(9)100/h18-20,22-23,35-39,45-51,55-74,78-82,95-99,107-113,117H,17,21,24-34H2,1-16H3,(H,84,105)(H,85,114)(H,86,100)(H,87,101)(H,88,102)(H,89,103)(H,90,104)(H,91,115)/t37-,38+,39+,45-,46+,47+,48+,49+,50+,51+,55-,56+,57+,58+,59+,60+,61-,62-,63+,64+,65+,66+,67+,68+,69+,70+,71?,72?,73?,74?,78?,79-,80-,81-,82-/m0/s1. The minimum atomic E-state index is -2.12. The molecule has 6 saturated heterocycles. The van der Waals surface area contributed by atoms with E-state index in [9.17, 15) is 119 Å². The molecule has 0 bridgehead atoms. The summed E-state index contributed by atoms with van der Waals surface area (Å²) in [7, 11) is 5.72. The van der Waals surface area contributed by atoms with Crippen LogP contribution < -0.4 is 42.5 Å². The van der Waals surface area contributed by atoms with E-state index in [4.69, 9.17) is 56.8 Å². The summed E-state index contributed by atoms with van der Waals surface area (Å²) in [4.78, 5) is 153. The molecule has 21 N–H and O–H groups in total. The third-order valence-corrected chi connectivity index (χ3v) is 24.4. The van der Waals surface area contributed by atoms with Crippen molar-refractivity contribution < 1.29 is 176 Å². The first-order valence-corrected chi connectivity index (χ1v) is 43.6. The van der Waals surface area contributed by atoms with Crippen LogP contribution in [-0.2, 0) is 105 Å². The Kier molecular flexibility index (Phi) is 42.5. The van der Waals surface area contributed by atoms with Gasteiger partial charge in [0.05, 0.1) is 81.8 Å². The van der Waals surface area contributed by atoms with E-state index in [2.05, 4.69) is 42.5 Å². The number of nitrogens with one attached hydrogen (secondary N) is 8. The van der Waals surface area contributed by atoms with Gasteiger partial charge >= 0.3 is 6.09 Å². The van der Waals surface area contributed by atoms with Crippen LogP contribution in [0.3, 0.4) is 0 Å². The van der Waals surface area contributed by atoms with Crippen molar-refractivity contribution in [1.82, 2.24) is 57.2 Å². The lowest BCUT2D eigenvalue weighted by Crippen LogP contribution is -2.72. The predicted molar refractivity (Wildman–Crippen MR) is 446 cm³/mol. The molecule has 0 aromatic heterocycles. The summed E-state index contributed by atoms with van der Waals surface area (Å²) in [5.74, 6) is -9.37. The van der Waals surface area contributed by atoms with Crippen molar-refractivity contribution in [2.75, 3.05) is 81.0 Å². The molecule has 6 fully saturated rings. The number of aliphatic hydroxyl groups is 13. The molecule has 1 aromatic carbocycles. The van der Waals surface area contributed by atoms with Crippen molar-refractivity contribution >= 4 is 65.2 Å². The van der Waals surface area contributed by atoms with Crippen molar-refractivity contribution in [2.24, 2.45) is 23.7 Å². The zero-order chi connectivity index (χ0) is 96.9. The lowest BCUT2D eigenvalue weighted by Gasteiger charge is -2.51. The highest BCUT2D eigenvalue weighted by Crippen LogP contribution is 2.38. The maximum atomic E-state index is 14.9. The molecule has 11 amide bonds.